The van der Waals surface area contributed by atoms with Gasteiger partial charge in [-0.3, -0.25) is 9.48 Å². The smallest absolute Gasteiger partial charge is 0.273 e. The molecule has 0 bridgehead atoms. The summed E-state index contributed by atoms with van der Waals surface area (Å²) in [4.78, 5) is 19.4. The molecule has 7 nitrogen and oxygen atoms in total. The van der Waals surface area contributed by atoms with E-state index in [-0.39, 0.29) is 19.1 Å². The molecule has 0 aliphatic carbocycles. The highest BCUT2D eigenvalue weighted by Gasteiger charge is 2.24. The van der Waals surface area contributed by atoms with Crippen LogP contribution in [-0.4, -0.2) is 45.3 Å². The van der Waals surface area contributed by atoms with Crippen LogP contribution in [0.15, 0.2) is 30.5 Å². The minimum absolute atomic E-state index is 0.00856. The van der Waals surface area contributed by atoms with Crippen molar-refractivity contribution in [2.45, 2.75) is 39.8 Å². The summed E-state index contributed by atoms with van der Waals surface area (Å²) in [5.74, 6) is -1.46. The monoisotopic (exact) mass is 476 g/mol. The number of halogens is 2. The maximum atomic E-state index is 13.7. The molecule has 0 spiro atoms. The molecule has 1 aliphatic heterocycles. The van der Waals surface area contributed by atoms with Crippen LogP contribution < -0.4 is 9.47 Å². The quantitative estimate of drug-likeness (QED) is 0.489. The van der Waals surface area contributed by atoms with Gasteiger partial charge in [0.05, 0.1) is 17.2 Å². The van der Waals surface area contributed by atoms with Crippen LogP contribution in [-0.2, 0) is 17.9 Å². The maximum Gasteiger partial charge on any atom is 0.273 e. The SMILES string of the molecule is Cc1cc(C)n(CC(=O)N2CCC(COc3ncc(COc4c(F)cccc4F)s3)CC2)n1. The molecule has 1 fully saturated rings. The lowest BCUT2D eigenvalue weighted by Gasteiger charge is -2.31. The van der Waals surface area contributed by atoms with Crippen LogP contribution >= 0.6 is 11.3 Å². The van der Waals surface area contributed by atoms with Crippen LogP contribution in [0.5, 0.6) is 10.9 Å². The van der Waals surface area contributed by atoms with Gasteiger partial charge in [0.1, 0.15) is 13.2 Å². The Balaban J connectivity index is 1.20. The van der Waals surface area contributed by atoms with Gasteiger partial charge in [-0.15, -0.1) is 0 Å². The largest absolute Gasteiger partial charge is 0.482 e. The standard InChI is InChI=1S/C23H26F2N4O3S/c1-15-10-16(2)29(27-15)12-21(30)28-8-6-17(7-9-28)13-32-23-26-11-18(33-23)14-31-22-19(24)4-3-5-20(22)25/h3-5,10-11,17H,6-9,12-14H2,1-2H3. The molecule has 0 N–H and O–H groups in total. The summed E-state index contributed by atoms with van der Waals surface area (Å²) in [7, 11) is 0. The topological polar surface area (TPSA) is 69.5 Å². The number of thiazole rings is 1. The fourth-order valence-corrected chi connectivity index (χ4v) is 4.47. The zero-order chi connectivity index (χ0) is 23.4. The van der Waals surface area contributed by atoms with Crippen LogP contribution in [0, 0.1) is 31.4 Å². The maximum absolute atomic E-state index is 13.7. The van der Waals surface area contributed by atoms with Crippen molar-refractivity contribution in [1.29, 1.82) is 0 Å². The molecule has 1 saturated heterocycles. The van der Waals surface area contributed by atoms with E-state index in [2.05, 4.69) is 10.1 Å². The number of rotatable bonds is 8. The number of hydrogen-bond donors (Lipinski definition) is 0. The van der Waals surface area contributed by atoms with Gasteiger partial charge in [0.25, 0.3) is 5.19 Å². The fourth-order valence-electron chi connectivity index (χ4n) is 3.79. The zero-order valence-electron chi connectivity index (χ0n) is 18.6. The average molecular weight is 477 g/mol. The molecule has 3 aromatic rings. The average Bonchev–Trinajstić information content (AvgIpc) is 3.37. The summed E-state index contributed by atoms with van der Waals surface area (Å²) in [5.41, 5.74) is 1.89. The number of carbonyl (C=O) groups excluding carboxylic acids is 1. The molecule has 0 radical (unpaired) electrons. The van der Waals surface area contributed by atoms with E-state index in [1.54, 1.807) is 10.9 Å². The molecular weight excluding hydrogens is 450 g/mol. The number of piperidine rings is 1. The van der Waals surface area contributed by atoms with Crippen LogP contribution in [0.3, 0.4) is 0 Å². The van der Waals surface area contributed by atoms with Crippen molar-refractivity contribution in [3.8, 4) is 10.9 Å². The van der Waals surface area contributed by atoms with E-state index in [9.17, 15) is 13.6 Å². The predicted molar refractivity (Wildman–Crippen MR) is 119 cm³/mol. The lowest BCUT2D eigenvalue weighted by molar-refractivity contribution is -0.133. The molecule has 176 valence electrons. The van der Waals surface area contributed by atoms with Gasteiger partial charge >= 0.3 is 0 Å². The van der Waals surface area contributed by atoms with Gasteiger partial charge in [0.15, 0.2) is 17.4 Å². The van der Waals surface area contributed by atoms with E-state index < -0.39 is 17.4 Å². The van der Waals surface area contributed by atoms with Gasteiger partial charge in [-0.25, -0.2) is 13.8 Å². The van der Waals surface area contributed by atoms with E-state index in [0.717, 1.165) is 36.4 Å². The minimum atomic E-state index is -0.740. The third-order valence-electron chi connectivity index (χ3n) is 5.61. The first kappa shape index (κ1) is 23.2. The van der Waals surface area contributed by atoms with E-state index >= 15 is 0 Å². The second-order valence-corrected chi connectivity index (χ2v) is 9.23. The van der Waals surface area contributed by atoms with Crippen molar-refractivity contribution in [2.24, 2.45) is 5.92 Å². The second-order valence-electron chi connectivity index (χ2n) is 8.15. The van der Waals surface area contributed by atoms with Gasteiger partial charge in [-0.1, -0.05) is 17.4 Å². The van der Waals surface area contributed by atoms with Gasteiger partial charge in [0.2, 0.25) is 5.91 Å². The van der Waals surface area contributed by atoms with Gasteiger partial charge < -0.3 is 14.4 Å². The van der Waals surface area contributed by atoms with Crippen molar-refractivity contribution < 1.29 is 23.0 Å². The third-order valence-corrected chi connectivity index (χ3v) is 6.49. The number of aromatic nitrogens is 3. The number of likely N-dealkylation sites (tertiary alicyclic amines) is 1. The minimum Gasteiger partial charge on any atom is -0.482 e. The van der Waals surface area contributed by atoms with Gasteiger partial charge in [-0.05, 0) is 50.8 Å². The molecule has 1 aliphatic rings. The Labute approximate surface area is 195 Å². The normalized spacial score (nSPS) is 14.5. The summed E-state index contributed by atoms with van der Waals surface area (Å²) in [6.07, 6.45) is 3.30. The number of carbonyl (C=O) groups is 1. The van der Waals surface area contributed by atoms with E-state index in [4.69, 9.17) is 9.47 Å². The lowest BCUT2D eigenvalue weighted by atomic mass is 9.98. The molecule has 0 saturated carbocycles. The van der Waals surface area contributed by atoms with Gasteiger partial charge in [-0.2, -0.15) is 5.10 Å². The van der Waals surface area contributed by atoms with Crippen molar-refractivity contribution in [3.05, 3.63) is 58.4 Å². The number of ether oxygens (including phenoxy) is 2. The first-order valence-corrected chi connectivity index (χ1v) is 11.6. The fraction of sp³-hybridized carbons (Fsp3) is 0.435. The number of amides is 1. The van der Waals surface area contributed by atoms with E-state index in [1.807, 2.05) is 24.8 Å². The third kappa shape index (κ3) is 5.87. The van der Waals surface area contributed by atoms with E-state index in [1.165, 1.54) is 17.4 Å². The van der Waals surface area contributed by atoms with Crippen LogP contribution in [0.4, 0.5) is 8.78 Å². The molecule has 3 heterocycles. The Bertz CT molecular complexity index is 1090. The van der Waals surface area contributed by atoms with Crippen molar-refractivity contribution >= 4 is 17.2 Å². The van der Waals surface area contributed by atoms with Crippen LogP contribution in [0.1, 0.15) is 29.1 Å². The highest BCUT2D eigenvalue weighted by Crippen LogP contribution is 2.27. The highest BCUT2D eigenvalue weighted by atomic mass is 32.1. The predicted octanol–water partition coefficient (Wildman–Crippen LogP) is 4.13. The Morgan fingerprint density at radius 1 is 1.18 bits per heavy atom. The Morgan fingerprint density at radius 3 is 2.58 bits per heavy atom. The first-order valence-electron chi connectivity index (χ1n) is 10.8. The van der Waals surface area contributed by atoms with Gasteiger partial charge in [0, 0.05) is 25.0 Å². The van der Waals surface area contributed by atoms with Crippen LogP contribution in [0.25, 0.3) is 0 Å². The summed E-state index contributed by atoms with van der Waals surface area (Å²) < 4.78 is 40.2. The summed E-state index contributed by atoms with van der Waals surface area (Å²) in [6, 6.07) is 5.55. The molecule has 4 rings (SSSR count). The zero-order valence-corrected chi connectivity index (χ0v) is 19.4. The molecule has 33 heavy (non-hydrogen) atoms. The molecular formula is C23H26F2N4O3S. The number of aryl methyl sites for hydroxylation is 2. The molecule has 1 amide bonds. The lowest BCUT2D eigenvalue weighted by Crippen LogP contribution is -2.41. The molecule has 1 aromatic carbocycles. The molecule has 2 aromatic heterocycles. The van der Waals surface area contributed by atoms with Crippen molar-refractivity contribution in [3.63, 3.8) is 0 Å². The molecule has 0 unspecified atom stereocenters. The highest BCUT2D eigenvalue weighted by molar-refractivity contribution is 7.13. The van der Waals surface area contributed by atoms with E-state index in [0.29, 0.717) is 35.7 Å². The van der Waals surface area contributed by atoms with Crippen molar-refractivity contribution in [2.75, 3.05) is 19.7 Å². The molecule has 0 atom stereocenters. The summed E-state index contributed by atoms with van der Waals surface area (Å²) >= 11 is 1.28. The van der Waals surface area contributed by atoms with Crippen molar-refractivity contribution in [1.82, 2.24) is 19.7 Å². The number of para-hydroxylation sites is 1. The number of hydrogen-bond acceptors (Lipinski definition) is 6. The second kappa shape index (κ2) is 10.3. The van der Waals surface area contributed by atoms with Crippen LogP contribution in [0.2, 0.25) is 0 Å². The Kier molecular flexibility index (Phi) is 7.22. The summed E-state index contributed by atoms with van der Waals surface area (Å²) in [6.45, 7) is 6.03. The number of nitrogens with zero attached hydrogens (tertiary/aromatic N) is 4. The first-order chi connectivity index (χ1) is 15.9. The Morgan fingerprint density at radius 2 is 1.91 bits per heavy atom. The summed E-state index contributed by atoms with van der Waals surface area (Å²) in [5, 5.41) is 4.85. The molecule has 10 heteroatoms. The Hall–Kier alpha value is -3.01. The number of benzene rings is 1.